The van der Waals surface area contributed by atoms with Crippen LogP contribution in [0.4, 0.5) is 0 Å². The van der Waals surface area contributed by atoms with Crippen molar-refractivity contribution >= 4 is 10.0 Å². The summed E-state index contributed by atoms with van der Waals surface area (Å²) in [6, 6.07) is 12.3. The standard InChI is InChI=1S/C18H18N2O3S/c1-13-5-6-16(10-14(13)2)24(21,22)20-12-15-7-8-19-17(11-15)18-4-3-9-23-18/h3-11,20H,12H2,1-2H3. The number of nitrogens with one attached hydrogen (secondary N) is 1. The van der Waals surface area contributed by atoms with Crippen molar-refractivity contribution in [1.82, 2.24) is 9.71 Å². The third-order valence-corrected chi connectivity index (χ3v) is 5.25. The van der Waals surface area contributed by atoms with E-state index in [2.05, 4.69) is 9.71 Å². The van der Waals surface area contributed by atoms with Crippen molar-refractivity contribution in [2.75, 3.05) is 0 Å². The molecule has 0 aliphatic heterocycles. The molecule has 0 saturated heterocycles. The van der Waals surface area contributed by atoms with Crippen LogP contribution in [0.1, 0.15) is 16.7 Å². The molecule has 0 radical (unpaired) electrons. The third kappa shape index (κ3) is 3.55. The lowest BCUT2D eigenvalue weighted by Gasteiger charge is -2.09. The number of hydrogen-bond donors (Lipinski definition) is 1. The molecule has 0 unspecified atom stereocenters. The average Bonchev–Trinajstić information content (AvgIpc) is 3.10. The highest BCUT2D eigenvalue weighted by atomic mass is 32.2. The molecule has 6 heteroatoms. The predicted molar refractivity (Wildman–Crippen MR) is 91.9 cm³/mol. The van der Waals surface area contributed by atoms with Crippen LogP contribution in [0.25, 0.3) is 11.5 Å². The van der Waals surface area contributed by atoms with Gasteiger partial charge >= 0.3 is 0 Å². The smallest absolute Gasteiger partial charge is 0.240 e. The van der Waals surface area contributed by atoms with Gasteiger partial charge in [0.2, 0.25) is 10.0 Å². The quantitative estimate of drug-likeness (QED) is 0.771. The summed E-state index contributed by atoms with van der Waals surface area (Å²) in [5, 5.41) is 0. The van der Waals surface area contributed by atoms with Crippen molar-refractivity contribution in [2.24, 2.45) is 0 Å². The second kappa shape index (κ2) is 6.59. The molecular weight excluding hydrogens is 324 g/mol. The molecule has 0 fully saturated rings. The summed E-state index contributed by atoms with van der Waals surface area (Å²) in [5.41, 5.74) is 3.49. The Hall–Kier alpha value is -2.44. The van der Waals surface area contributed by atoms with Crippen molar-refractivity contribution in [3.63, 3.8) is 0 Å². The molecule has 5 nitrogen and oxygen atoms in total. The normalized spacial score (nSPS) is 11.6. The molecule has 0 saturated carbocycles. The molecule has 0 atom stereocenters. The van der Waals surface area contributed by atoms with E-state index >= 15 is 0 Å². The lowest BCUT2D eigenvalue weighted by molar-refractivity contribution is 0.579. The lowest BCUT2D eigenvalue weighted by Crippen LogP contribution is -2.23. The summed E-state index contributed by atoms with van der Waals surface area (Å²) in [5.74, 6) is 0.647. The number of pyridine rings is 1. The van der Waals surface area contributed by atoms with Crippen LogP contribution in [0.3, 0.4) is 0 Å². The highest BCUT2D eigenvalue weighted by Crippen LogP contribution is 2.19. The zero-order chi connectivity index (χ0) is 17.2. The second-order valence-corrected chi connectivity index (χ2v) is 7.36. The minimum absolute atomic E-state index is 0.186. The molecule has 24 heavy (non-hydrogen) atoms. The molecule has 2 heterocycles. The maximum absolute atomic E-state index is 12.4. The van der Waals surface area contributed by atoms with Gasteiger partial charge in [-0.2, -0.15) is 0 Å². The van der Waals surface area contributed by atoms with E-state index in [9.17, 15) is 8.42 Å². The van der Waals surface area contributed by atoms with Crippen LogP contribution in [0.2, 0.25) is 0 Å². The van der Waals surface area contributed by atoms with Crippen molar-refractivity contribution in [1.29, 1.82) is 0 Å². The van der Waals surface area contributed by atoms with Crippen LogP contribution in [0.15, 0.2) is 64.2 Å². The van der Waals surface area contributed by atoms with E-state index in [1.807, 2.05) is 32.0 Å². The Morgan fingerprint density at radius 3 is 2.62 bits per heavy atom. The fourth-order valence-corrected chi connectivity index (χ4v) is 3.39. The molecular formula is C18H18N2O3S. The zero-order valence-corrected chi connectivity index (χ0v) is 14.3. The number of rotatable bonds is 5. The molecule has 0 bridgehead atoms. The van der Waals surface area contributed by atoms with Gasteiger partial charge in [0.1, 0.15) is 5.69 Å². The third-order valence-electron chi connectivity index (χ3n) is 3.85. The van der Waals surface area contributed by atoms with Crippen LogP contribution in [-0.2, 0) is 16.6 Å². The van der Waals surface area contributed by atoms with E-state index in [0.29, 0.717) is 11.5 Å². The van der Waals surface area contributed by atoms with E-state index in [4.69, 9.17) is 4.42 Å². The number of furan rings is 1. The van der Waals surface area contributed by atoms with Gasteiger partial charge in [-0.25, -0.2) is 13.1 Å². The Balaban J connectivity index is 1.77. The average molecular weight is 342 g/mol. The Labute approximate surface area is 141 Å². The van der Waals surface area contributed by atoms with E-state index in [1.54, 1.807) is 36.7 Å². The minimum Gasteiger partial charge on any atom is -0.463 e. The first-order valence-corrected chi connectivity index (χ1v) is 9.00. The Kier molecular flexibility index (Phi) is 4.51. The summed E-state index contributed by atoms with van der Waals surface area (Å²) >= 11 is 0. The molecule has 1 N–H and O–H groups in total. The molecule has 2 aromatic heterocycles. The van der Waals surface area contributed by atoms with Gasteiger partial charge in [-0.1, -0.05) is 6.07 Å². The van der Waals surface area contributed by atoms with Gasteiger partial charge in [0.05, 0.1) is 11.2 Å². The Morgan fingerprint density at radius 2 is 1.92 bits per heavy atom. The minimum atomic E-state index is -3.56. The second-order valence-electron chi connectivity index (χ2n) is 5.60. The van der Waals surface area contributed by atoms with Crippen LogP contribution in [-0.4, -0.2) is 13.4 Å². The van der Waals surface area contributed by atoms with Gasteiger partial charge in [0.15, 0.2) is 5.76 Å². The first kappa shape index (κ1) is 16.4. The first-order valence-electron chi connectivity index (χ1n) is 7.51. The number of aromatic nitrogens is 1. The van der Waals surface area contributed by atoms with Crippen molar-refractivity contribution < 1.29 is 12.8 Å². The van der Waals surface area contributed by atoms with Crippen LogP contribution in [0, 0.1) is 13.8 Å². The monoisotopic (exact) mass is 342 g/mol. The van der Waals surface area contributed by atoms with Gasteiger partial charge in [0, 0.05) is 12.7 Å². The van der Waals surface area contributed by atoms with E-state index in [0.717, 1.165) is 16.7 Å². The Morgan fingerprint density at radius 1 is 1.08 bits per heavy atom. The fourth-order valence-electron chi connectivity index (χ4n) is 2.29. The SMILES string of the molecule is Cc1ccc(S(=O)(=O)NCc2ccnc(-c3ccco3)c2)cc1C. The summed E-state index contributed by atoms with van der Waals surface area (Å²) in [6.45, 7) is 4.03. The Bertz CT molecular complexity index is 948. The van der Waals surface area contributed by atoms with Gasteiger partial charge < -0.3 is 4.42 Å². The van der Waals surface area contributed by atoms with Crippen molar-refractivity contribution in [3.8, 4) is 11.5 Å². The summed E-state index contributed by atoms with van der Waals surface area (Å²) in [4.78, 5) is 4.50. The summed E-state index contributed by atoms with van der Waals surface area (Å²) in [7, 11) is -3.56. The number of hydrogen-bond acceptors (Lipinski definition) is 4. The molecule has 0 aliphatic rings. The number of benzene rings is 1. The lowest BCUT2D eigenvalue weighted by atomic mass is 10.1. The molecule has 0 spiro atoms. The van der Waals surface area contributed by atoms with E-state index < -0.39 is 10.0 Å². The maximum atomic E-state index is 12.4. The number of aryl methyl sites for hydroxylation is 2. The molecule has 0 aliphatic carbocycles. The molecule has 3 rings (SSSR count). The highest BCUT2D eigenvalue weighted by molar-refractivity contribution is 7.89. The van der Waals surface area contributed by atoms with Crippen LogP contribution >= 0.6 is 0 Å². The van der Waals surface area contributed by atoms with Crippen molar-refractivity contribution in [3.05, 3.63) is 71.6 Å². The van der Waals surface area contributed by atoms with Crippen LogP contribution < -0.4 is 4.72 Å². The first-order chi connectivity index (χ1) is 11.5. The van der Waals surface area contributed by atoms with Gasteiger partial charge in [0.25, 0.3) is 0 Å². The van der Waals surface area contributed by atoms with E-state index in [1.165, 1.54) is 0 Å². The zero-order valence-electron chi connectivity index (χ0n) is 13.5. The van der Waals surface area contributed by atoms with Crippen LogP contribution in [0.5, 0.6) is 0 Å². The molecule has 0 amide bonds. The summed E-state index contributed by atoms with van der Waals surface area (Å²) in [6.07, 6.45) is 3.21. The van der Waals surface area contributed by atoms with Gasteiger partial charge in [-0.15, -0.1) is 0 Å². The molecule has 1 aromatic carbocycles. The topological polar surface area (TPSA) is 72.2 Å². The fraction of sp³-hybridized carbons (Fsp3) is 0.167. The number of nitrogens with zero attached hydrogens (tertiary/aromatic N) is 1. The van der Waals surface area contributed by atoms with E-state index in [-0.39, 0.29) is 11.4 Å². The molecule has 3 aromatic rings. The van der Waals surface area contributed by atoms with Gasteiger partial charge in [-0.05, 0) is 66.9 Å². The molecule has 124 valence electrons. The van der Waals surface area contributed by atoms with Gasteiger partial charge in [-0.3, -0.25) is 4.98 Å². The predicted octanol–water partition coefficient (Wildman–Crippen LogP) is 3.44. The maximum Gasteiger partial charge on any atom is 0.240 e. The van der Waals surface area contributed by atoms with Crippen molar-refractivity contribution in [2.45, 2.75) is 25.3 Å². The number of sulfonamides is 1. The highest BCUT2D eigenvalue weighted by Gasteiger charge is 2.14. The summed E-state index contributed by atoms with van der Waals surface area (Å²) < 4.78 is 32.8. The largest absolute Gasteiger partial charge is 0.463 e.